The van der Waals surface area contributed by atoms with Crippen LogP contribution in [-0.4, -0.2) is 17.6 Å². The normalized spacial score (nSPS) is 19.7. The maximum atomic E-state index is 11.1. The van der Waals surface area contributed by atoms with Crippen LogP contribution in [0.3, 0.4) is 0 Å². The molecule has 80 valence electrons. The molecule has 0 amide bonds. The first-order chi connectivity index (χ1) is 7.11. The monoisotopic (exact) mass is 205 g/mol. The summed E-state index contributed by atoms with van der Waals surface area (Å²) in [6.45, 7) is 4.88. The van der Waals surface area contributed by atoms with Crippen LogP contribution in [0.1, 0.15) is 28.3 Å². The molecule has 1 aliphatic rings. The highest BCUT2D eigenvalue weighted by Gasteiger charge is 2.26. The predicted molar refractivity (Wildman–Crippen MR) is 58.0 cm³/mol. The molecule has 1 aromatic rings. The topological polar surface area (TPSA) is 49.3 Å². The van der Waals surface area contributed by atoms with Crippen LogP contribution in [0.5, 0.6) is 0 Å². The summed E-state index contributed by atoms with van der Waals surface area (Å²) in [7, 11) is 0. The van der Waals surface area contributed by atoms with E-state index in [1.165, 1.54) is 16.7 Å². The first-order valence-electron chi connectivity index (χ1n) is 5.16. The lowest BCUT2D eigenvalue weighted by atomic mass is 9.89. The van der Waals surface area contributed by atoms with Crippen molar-refractivity contribution < 1.29 is 9.90 Å². The van der Waals surface area contributed by atoms with Crippen molar-refractivity contribution in [3.8, 4) is 0 Å². The number of benzene rings is 1. The molecular weight excluding hydrogens is 190 g/mol. The Bertz CT molecular complexity index is 412. The smallest absolute Gasteiger partial charge is 0.325 e. The van der Waals surface area contributed by atoms with Gasteiger partial charge in [0.15, 0.2) is 0 Å². The van der Waals surface area contributed by atoms with Crippen molar-refractivity contribution >= 4 is 5.97 Å². The average Bonchev–Trinajstić information content (AvgIpc) is 2.23. The van der Waals surface area contributed by atoms with Crippen molar-refractivity contribution in [1.29, 1.82) is 0 Å². The average molecular weight is 205 g/mol. The van der Waals surface area contributed by atoms with Gasteiger partial charge in [-0.1, -0.05) is 12.1 Å². The third-order valence-corrected chi connectivity index (χ3v) is 3.19. The fourth-order valence-electron chi connectivity index (χ4n) is 2.17. The molecule has 0 fully saturated rings. The van der Waals surface area contributed by atoms with Gasteiger partial charge in [-0.2, -0.15) is 0 Å². The van der Waals surface area contributed by atoms with Crippen molar-refractivity contribution in [1.82, 2.24) is 5.32 Å². The van der Waals surface area contributed by atoms with Crippen LogP contribution >= 0.6 is 0 Å². The Labute approximate surface area is 89.1 Å². The minimum Gasteiger partial charge on any atom is -0.480 e. The van der Waals surface area contributed by atoms with Crippen molar-refractivity contribution in [3.63, 3.8) is 0 Å². The van der Waals surface area contributed by atoms with Gasteiger partial charge >= 0.3 is 5.97 Å². The lowest BCUT2D eigenvalue weighted by molar-refractivity contribution is -0.139. The highest BCUT2D eigenvalue weighted by Crippen LogP contribution is 2.27. The molecule has 3 heteroatoms. The number of carboxylic acids is 1. The summed E-state index contributed by atoms with van der Waals surface area (Å²) >= 11 is 0. The van der Waals surface area contributed by atoms with Crippen LogP contribution in [0.2, 0.25) is 0 Å². The van der Waals surface area contributed by atoms with Gasteiger partial charge in [0.05, 0.1) is 0 Å². The van der Waals surface area contributed by atoms with E-state index in [-0.39, 0.29) is 0 Å². The number of fused-ring (bicyclic) bond motifs is 1. The number of hydrogen-bond acceptors (Lipinski definition) is 2. The zero-order chi connectivity index (χ0) is 11.0. The number of carbonyl (C=O) groups is 1. The summed E-state index contributed by atoms with van der Waals surface area (Å²) in [5, 5.41) is 12.1. The van der Waals surface area contributed by atoms with E-state index in [2.05, 4.69) is 19.2 Å². The standard InChI is InChI=1S/C12H15NO2/c1-7-3-4-10-9(8(7)2)5-6-13-11(10)12(14)15/h3-4,11,13H,5-6H2,1-2H3,(H,14,15). The van der Waals surface area contributed by atoms with E-state index in [0.717, 1.165) is 18.5 Å². The molecule has 0 aliphatic carbocycles. The van der Waals surface area contributed by atoms with Gasteiger partial charge in [0, 0.05) is 6.54 Å². The summed E-state index contributed by atoms with van der Waals surface area (Å²) in [5.41, 5.74) is 4.61. The molecule has 2 rings (SSSR count). The van der Waals surface area contributed by atoms with E-state index in [4.69, 9.17) is 5.11 Å². The Morgan fingerprint density at radius 2 is 2.20 bits per heavy atom. The van der Waals surface area contributed by atoms with Gasteiger partial charge in [0.2, 0.25) is 0 Å². The molecule has 0 saturated heterocycles. The molecule has 1 atom stereocenters. The highest BCUT2D eigenvalue weighted by atomic mass is 16.4. The summed E-state index contributed by atoms with van der Waals surface area (Å²) in [5.74, 6) is -0.792. The molecule has 1 heterocycles. The Hall–Kier alpha value is -1.35. The van der Waals surface area contributed by atoms with Crippen molar-refractivity contribution in [2.75, 3.05) is 6.54 Å². The lowest BCUT2D eigenvalue weighted by Crippen LogP contribution is -2.35. The molecule has 0 saturated carbocycles. The van der Waals surface area contributed by atoms with Crippen LogP contribution in [0.4, 0.5) is 0 Å². The molecule has 3 nitrogen and oxygen atoms in total. The third-order valence-electron chi connectivity index (χ3n) is 3.19. The molecular formula is C12H15NO2. The van der Waals surface area contributed by atoms with E-state index in [9.17, 15) is 4.79 Å². The van der Waals surface area contributed by atoms with Crippen LogP contribution in [-0.2, 0) is 11.2 Å². The van der Waals surface area contributed by atoms with Crippen LogP contribution in [0, 0.1) is 13.8 Å². The van der Waals surface area contributed by atoms with Crippen LogP contribution < -0.4 is 5.32 Å². The molecule has 1 aromatic carbocycles. The van der Waals surface area contributed by atoms with E-state index in [0.29, 0.717) is 0 Å². The quantitative estimate of drug-likeness (QED) is 0.731. The van der Waals surface area contributed by atoms with E-state index >= 15 is 0 Å². The zero-order valence-corrected chi connectivity index (χ0v) is 9.00. The van der Waals surface area contributed by atoms with Gasteiger partial charge in [0.1, 0.15) is 6.04 Å². The Morgan fingerprint density at radius 3 is 2.87 bits per heavy atom. The van der Waals surface area contributed by atoms with Gasteiger partial charge in [-0.25, -0.2) is 0 Å². The van der Waals surface area contributed by atoms with Gasteiger partial charge in [-0.3, -0.25) is 4.79 Å². The third kappa shape index (κ3) is 1.63. The van der Waals surface area contributed by atoms with Gasteiger partial charge in [0.25, 0.3) is 0 Å². The summed E-state index contributed by atoms with van der Waals surface area (Å²) in [6.07, 6.45) is 0.923. The first kappa shape index (κ1) is 10.2. The second-order valence-corrected chi connectivity index (χ2v) is 4.05. The number of carboxylic acid groups (broad SMARTS) is 1. The lowest BCUT2D eigenvalue weighted by Gasteiger charge is -2.26. The molecule has 0 radical (unpaired) electrons. The highest BCUT2D eigenvalue weighted by molar-refractivity contribution is 5.77. The van der Waals surface area contributed by atoms with Gasteiger partial charge in [-0.05, 0) is 42.5 Å². The summed E-state index contributed by atoms with van der Waals surface area (Å²) < 4.78 is 0. The second kappa shape index (κ2) is 3.66. The fourth-order valence-corrected chi connectivity index (χ4v) is 2.17. The number of aliphatic carboxylic acids is 1. The molecule has 0 bridgehead atoms. The first-order valence-corrected chi connectivity index (χ1v) is 5.16. The van der Waals surface area contributed by atoms with Crippen molar-refractivity contribution in [2.24, 2.45) is 0 Å². The molecule has 0 spiro atoms. The SMILES string of the molecule is Cc1ccc2c(c1C)CCNC2C(=O)O. The number of hydrogen-bond donors (Lipinski definition) is 2. The van der Waals surface area contributed by atoms with Crippen LogP contribution in [0.15, 0.2) is 12.1 Å². The second-order valence-electron chi connectivity index (χ2n) is 4.05. The molecule has 0 aromatic heterocycles. The zero-order valence-electron chi connectivity index (χ0n) is 9.00. The maximum Gasteiger partial charge on any atom is 0.325 e. The molecule has 2 N–H and O–H groups in total. The number of rotatable bonds is 1. The van der Waals surface area contributed by atoms with Crippen LogP contribution in [0.25, 0.3) is 0 Å². The number of nitrogens with one attached hydrogen (secondary N) is 1. The van der Waals surface area contributed by atoms with Gasteiger partial charge in [-0.15, -0.1) is 0 Å². The minimum absolute atomic E-state index is 0.534. The van der Waals surface area contributed by atoms with Gasteiger partial charge < -0.3 is 10.4 Å². The number of aryl methyl sites for hydroxylation is 1. The summed E-state index contributed by atoms with van der Waals surface area (Å²) in [6, 6.07) is 3.40. The largest absolute Gasteiger partial charge is 0.480 e. The van der Waals surface area contributed by atoms with E-state index < -0.39 is 12.0 Å². The maximum absolute atomic E-state index is 11.1. The predicted octanol–water partition coefficient (Wildman–Crippen LogP) is 1.57. The molecule has 1 unspecified atom stereocenters. The van der Waals surface area contributed by atoms with Crippen molar-refractivity contribution in [3.05, 3.63) is 34.4 Å². The Kier molecular flexibility index (Phi) is 2.49. The van der Waals surface area contributed by atoms with E-state index in [1.54, 1.807) is 0 Å². The minimum atomic E-state index is -0.792. The van der Waals surface area contributed by atoms with E-state index in [1.807, 2.05) is 12.1 Å². The summed E-state index contributed by atoms with van der Waals surface area (Å²) in [4.78, 5) is 11.1. The molecule has 15 heavy (non-hydrogen) atoms. The Balaban J connectivity index is 2.54. The Morgan fingerprint density at radius 1 is 1.47 bits per heavy atom. The fraction of sp³-hybridized carbons (Fsp3) is 0.417. The molecule has 1 aliphatic heterocycles. The van der Waals surface area contributed by atoms with Crippen molar-refractivity contribution in [2.45, 2.75) is 26.3 Å².